The molecule has 2 N–H and O–H groups in total. The summed E-state index contributed by atoms with van der Waals surface area (Å²) < 4.78 is 13.2. The standard InChI is InChI=1S/C31H41N5O4/c1-20(2)18-30(6,7)21-8-10-22(11-9-21)34-26-25-23(13-17-33-27(25)37)36(35-26)31(15-16-32)14-12-24(39-19-31)28(38)40-29(3,4)5/h8-11,13,17,20,24H,12,14-15,18-19H2,1-7H3,(H,33,37)(H,34,35)/t24-,31-/m0/s1. The number of carbonyl (C=O) groups excluding carboxylic acids is 1. The van der Waals surface area contributed by atoms with Crippen LogP contribution in [-0.4, -0.2) is 39.0 Å². The second kappa shape index (κ2) is 11.1. The van der Waals surface area contributed by atoms with Gasteiger partial charge in [0.25, 0.3) is 5.56 Å². The fourth-order valence-electron chi connectivity index (χ4n) is 5.70. The van der Waals surface area contributed by atoms with Crippen LogP contribution in [0.15, 0.2) is 41.3 Å². The number of ether oxygens (including phenoxy) is 2. The molecule has 4 rings (SSSR count). The summed E-state index contributed by atoms with van der Waals surface area (Å²) in [6, 6.07) is 12.3. The van der Waals surface area contributed by atoms with E-state index in [1.165, 1.54) is 5.56 Å². The van der Waals surface area contributed by atoms with Crippen LogP contribution in [0.25, 0.3) is 10.9 Å². The number of H-pyrrole nitrogens is 1. The van der Waals surface area contributed by atoms with Crippen LogP contribution in [-0.2, 0) is 25.2 Å². The van der Waals surface area contributed by atoms with E-state index in [9.17, 15) is 14.9 Å². The van der Waals surface area contributed by atoms with Crippen LogP contribution in [0.2, 0.25) is 0 Å². The first-order chi connectivity index (χ1) is 18.7. The molecule has 0 radical (unpaired) electrons. The van der Waals surface area contributed by atoms with Crippen molar-refractivity contribution >= 4 is 28.4 Å². The number of benzene rings is 1. The van der Waals surface area contributed by atoms with Crippen molar-refractivity contribution in [3.63, 3.8) is 0 Å². The van der Waals surface area contributed by atoms with E-state index < -0.39 is 23.2 Å². The fourth-order valence-corrected chi connectivity index (χ4v) is 5.70. The Balaban J connectivity index is 1.66. The molecule has 9 nitrogen and oxygen atoms in total. The number of nitrogens with zero attached hydrogens (tertiary/aromatic N) is 3. The van der Waals surface area contributed by atoms with E-state index in [2.05, 4.69) is 56.2 Å². The van der Waals surface area contributed by atoms with Gasteiger partial charge in [0, 0.05) is 11.9 Å². The Morgan fingerprint density at radius 3 is 2.52 bits per heavy atom. The quantitative estimate of drug-likeness (QED) is 0.336. The van der Waals surface area contributed by atoms with Gasteiger partial charge in [-0.1, -0.05) is 39.8 Å². The molecular weight excluding hydrogens is 506 g/mol. The zero-order valence-corrected chi connectivity index (χ0v) is 24.6. The molecule has 2 aromatic heterocycles. The van der Waals surface area contributed by atoms with Gasteiger partial charge in [-0.15, -0.1) is 0 Å². The maximum absolute atomic E-state index is 13.0. The fraction of sp³-hybridized carbons (Fsp3) is 0.548. The predicted octanol–water partition coefficient (Wildman–Crippen LogP) is 5.92. The molecular formula is C31H41N5O4. The summed E-state index contributed by atoms with van der Waals surface area (Å²) in [5.74, 6) is 0.568. The maximum atomic E-state index is 13.0. The normalized spacial score (nSPS) is 19.9. The van der Waals surface area contributed by atoms with Gasteiger partial charge < -0.3 is 19.8 Å². The Hall–Kier alpha value is -3.64. The molecule has 0 unspecified atom stereocenters. The van der Waals surface area contributed by atoms with E-state index in [0.717, 1.165) is 12.1 Å². The van der Waals surface area contributed by atoms with Crippen molar-refractivity contribution in [1.29, 1.82) is 5.26 Å². The number of rotatable bonds is 8. The van der Waals surface area contributed by atoms with Crippen molar-refractivity contribution < 1.29 is 14.3 Å². The van der Waals surface area contributed by atoms with Crippen molar-refractivity contribution in [3.8, 4) is 6.07 Å². The van der Waals surface area contributed by atoms with Gasteiger partial charge in [0.2, 0.25) is 0 Å². The number of nitriles is 1. The summed E-state index contributed by atoms with van der Waals surface area (Å²) in [6.07, 6.45) is 2.88. The summed E-state index contributed by atoms with van der Waals surface area (Å²) in [6.45, 7) is 14.5. The lowest BCUT2D eigenvalue weighted by molar-refractivity contribution is -0.176. The van der Waals surface area contributed by atoms with Crippen molar-refractivity contribution in [1.82, 2.24) is 14.8 Å². The van der Waals surface area contributed by atoms with Crippen LogP contribution in [0.4, 0.5) is 11.5 Å². The van der Waals surface area contributed by atoms with Gasteiger partial charge >= 0.3 is 5.97 Å². The molecule has 3 aromatic rings. The molecule has 214 valence electrons. The molecule has 40 heavy (non-hydrogen) atoms. The lowest BCUT2D eigenvalue weighted by atomic mass is 9.78. The van der Waals surface area contributed by atoms with Crippen LogP contribution < -0.4 is 10.9 Å². The van der Waals surface area contributed by atoms with E-state index in [-0.39, 0.29) is 24.0 Å². The Labute approximate surface area is 235 Å². The highest BCUT2D eigenvalue weighted by Gasteiger charge is 2.43. The summed E-state index contributed by atoms with van der Waals surface area (Å²) >= 11 is 0. The summed E-state index contributed by atoms with van der Waals surface area (Å²) in [5, 5.41) is 18.3. The Kier molecular flexibility index (Phi) is 8.13. The van der Waals surface area contributed by atoms with E-state index in [1.807, 2.05) is 32.9 Å². The number of carbonyl (C=O) groups is 1. The molecule has 9 heteroatoms. The minimum absolute atomic E-state index is 0.0416. The molecule has 0 amide bonds. The summed E-state index contributed by atoms with van der Waals surface area (Å²) in [7, 11) is 0. The van der Waals surface area contributed by atoms with Crippen LogP contribution >= 0.6 is 0 Å². The van der Waals surface area contributed by atoms with Crippen LogP contribution in [0, 0.1) is 17.2 Å². The Morgan fingerprint density at radius 1 is 1.25 bits per heavy atom. The number of anilines is 2. The first kappa shape index (κ1) is 29.3. The van der Waals surface area contributed by atoms with Crippen LogP contribution in [0.5, 0.6) is 0 Å². The average molecular weight is 548 g/mol. The van der Waals surface area contributed by atoms with Gasteiger partial charge in [-0.05, 0) is 75.1 Å². The third-order valence-corrected chi connectivity index (χ3v) is 7.40. The number of pyridine rings is 1. The van der Waals surface area contributed by atoms with E-state index in [0.29, 0.717) is 35.5 Å². The van der Waals surface area contributed by atoms with Crippen molar-refractivity contribution in [2.75, 3.05) is 11.9 Å². The number of hydrogen-bond acceptors (Lipinski definition) is 7. The van der Waals surface area contributed by atoms with Crippen LogP contribution in [0.1, 0.15) is 79.7 Å². The lowest BCUT2D eigenvalue weighted by Crippen LogP contribution is -2.47. The van der Waals surface area contributed by atoms with Crippen molar-refractivity contribution in [3.05, 3.63) is 52.4 Å². The van der Waals surface area contributed by atoms with Crippen LogP contribution in [0.3, 0.4) is 0 Å². The molecule has 0 saturated carbocycles. The van der Waals surface area contributed by atoms with Gasteiger partial charge in [-0.25, -0.2) is 4.79 Å². The topological polar surface area (TPSA) is 122 Å². The second-order valence-electron chi connectivity index (χ2n) is 12.9. The molecule has 0 bridgehead atoms. The van der Waals surface area contributed by atoms with Gasteiger partial charge in [0.05, 0.1) is 30.2 Å². The number of aromatic nitrogens is 3. The number of fused-ring (bicyclic) bond motifs is 1. The number of esters is 1. The Bertz CT molecular complexity index is 1450. The highest BCUT2D eigenvalue weighted by molar-refractivity contribution is 5.91. The smallest absolute Gasteiger partial charge is 0.335 e. The van der Waals surface area contributed by atoms with Gasteiger partial charge in [-0.3, -0.25) is 9.48 Å². The van der Waals surface area contributed by atoms with E-state index in [4.69, 9.17) is 14.6 Å². The number of aromatic amines is 1. The summed E-state index contributed by atoms with van der Waals surface area (Å²) in [5.41, 5.74) is 0.935. The minimum Gasteiger partial charge on any atom is -0.458 e. The minimum atomic E-state index is -0.843. The number of hydrogen-bond donors (Lipinski definition) is 2. The molecule has 2 atom stereocenters. The first-order valence-corrected chi connectivity index (χ1v) is 13.9. The van der Waals surface area contributed by atoms with Gasteiger partial charge in [-0.2, -0.15) is 10.4 Å². The van der Waals surface area contributed by atoms with Gasteiger partial charge in [0.1, 0.15) is 11.0 Å². The number of nitrogens with one attached hydrogen (secondary N) is 2. The SMILES string of the molecule is CC(C)CC(C)(C)c1ccc(Nc2nn([C@]3(CC#N)CC[C@@H](C(=O)OC(C)(C)C)OC3)c3cc[nH]c(=O)c23)cc1. The average Bonchev–Trinajstić information content (AvgIpc) is 3.23. The van der Waals surface area contributed by atoms with E-state index >= 15 is 0 Å². The van der Waals surface area contributed by atoms with Crippen molar-refractivity contribution in [2.45, 2.75) is 96.8 Å². The first-order valence-electron chi connectivity index (χ1n) is 13.9. The molecule has 1 fully saturated rings. The van der Waals surface area contributed by atoms with Gasteiger partial charge in [0.15, 0.2) is 11.9 Å². The third kappa shape index (κ3) is 6.23. The molecule has 1 aromatic carbocycles. The molecule has 3 heterocycles. The molecule has 0 aliphatic carbocycles. The molecule has 1 saturated heterocycles. The predicted molar refractivity (Wildman–Crippen MR) is 156 cm³/mol. The third-order valence-electron chi connectivity index (χ3n) is 7.40. The molecule has 1 aliphatic heterocycles. The monoisotopic (exact) mass is 547 g/mol. The zero-order valence-electron chi connectivity index (χ0n) is 24.6. The molecule has 0 spiro atoms. The highest BCUT2D eigenvalue weighted by atomic mass is 16.6. The summed E-state index contributed by atoms with van der Waals surface area (Å²) in [4.78, 5) is 28.4. The maximum Gasteiger partial charge on any atom is 0.335 e. The van der Waals surface area contributed by atoms with E-state index in [1.54, 1.807) is 16.9 Å². The zero-order chi connectivity index (χ0) is 29.3. The largest absolute Gasteiger partial charge is 0.458 e. The highest BCUT2D eigenvalue weighted by Crippen LogP contribution is 2.38. The van der Waals surface area contributed by atoms with Crippen molar-refractivity contribution in [2.24, 2.45) is 5.92 Å². The Morgan fingerprint density at radius 2 is 1.95 bits per heavy atom. The second-order valence-corrected chi connectivity index (χ2v) is 12.9. The lowest BCUT2D eigenvalue weighted by Gasteiger charge is -2.39. The molecule has 1 aliphatic rings.